The van der Waals surface area contributed by atoms with Gasteiger partial charge in [0.25, 0.3) is 5.91 Å². The largest absolute Gasteiger partial charge is 0.496 e. The maximum atomic E-state index is 12.5. The molecule has 0 aliphatic rings. The number of carbonyl (C=O) groups excluding carboxylic acids is 3. The topological polar surface area (TPSA) is 81.7 Å². The number of rotatable bonds is 7. The monoisotopic (exact) mass is 397 g/mol. The molecule has 0 aliphatic carbocycles. The molecular weight excluding hydrogens is 370 g/mol. The van der Waals surface area contributed by atoms with Crippen molar-refractivity contribution in [1.82, 2.24) is 5.32 Å². The SMILES string of the molecule is COc1ccccc1C(=O)NCC(=O)O[C@@H](C)C(=O)c1ccc(C(C)(C)C)cc1. The molecule has 0 radical (unpaired) electrons. The fraction of sp³-hybridized carbons (Fsp3) is 0.348. The van der Waals surface area contributed by atoms with Gasteiger partial charge in [-0.1, -0.05) is 57.2 Å². The molecule has 1 atom stereocenters. The quantitative estimate of drug-likeness (QED) is 0.571. The Morgan fingerprint density at radius 2 is 1.62 bits per heavy atom. The summed E-state index contributed by atoms with van der Waals surface area (Å²) < 4.78 is 10.3. The number of methoxy groups -OCH3 is 1. The first-order valence-electron chi connectivity index (χ1n) is 9.39. The van der Waals surface area contributed by atoms with Gasteiger partial charge in [0.1, 0.15) is 12.3 Å². The van der Waals surface area contributed by atoms with Gasteiger partial charge in [-0.15, -0.1) is 0 Å². The van der Waals surface area contributed by atoms with E-state index in [1.807, 2.05) is 12.1 Å². The van der Waals surface area contributed by atoms with E-state index < -0.39 is 18.0 Å². The second-order valence-corrected chi connectivity index (χ2v) is 7.71. The minimum absolute atomic E-state index is 0.0146. The van der Waals surface area contributed by atoms with Crippen molar-refractivity contribution in [3.8, 4) is 5.75 Å². The average molecular weight is 397 g/mol. The first kappa shape index (κ1) is 22.1. The highest BCUT2D eigenvalue weighted by Gasteiger charge is 2.21. The maximum Gasteiger partial charge on any atom is 0.326 e. The van der Waals surface area contributed by atoms with Crippen molar-refractivity contribution in [2.45, 2.75) is 39.2 Å². The molecule has 0 aliphatic heterocycles. The van der Waals surface area contributed by atoms with Gasteiger partial charge in [-0.05, 0) is 30.0 Å². The van der Waals surface area contributed by atoms with E-state index in [0.717, 1.165) is 5.56 Å². The molecule has 0 bridgehead atoms. The van der Waals surface area contributed by atoms with Crippen LogP contribution in [0.25, 0.3) is 0 Å². The van der Waals surface area contributed by atoms with Crippen LogP contribution in [0, 0.1) is 0 Å². The Hall–Kier alpha value is -3.15. The minimum atomic E-state index is -0.953. The zero-order valence-electron chi connectivity index (χ0n) is 17.4. The van der Waals surface area contributed by atoms with Crippen LogP contribution in [-0.2, 0) is 14.9 Å². The van der Waals surface area contributed by atoms with Gasteiger partial charge >= 0.3 is 5.97 Å². The van der Waals surface area contributed by atoms with E-state index in [-0.39, 0.29) is 17.7 Å². The lowest BCUT2D eigenvalue weighted by Gasteiger charge is -2.19. The Bertz CT molecular complexity index is 881. The number of hydrogen-bond donors (Lipinski definition) is 1. The van der Waals surface area contributed by atoms with Crippen LogP contribution in [0.3, 0.4) is 0 Å². The molecule has 0 unspecified atom stereocenters. The molecule has 1 N–H and O–H groups in total. The van der Waals surface area contributed by atoms with Gasteiger partial charge < -0.3 is 14.8 Å². The van der Waals surface area contributed by atoms with E-state index in [9.17, 15) is 14.4 Å². The van der Waals surface area contributed by atoms with E-state index in [4.69, 9.17) is 9.47 Å². The number of hydrogen-bond acceptors (Lipinski definition) is 5. The molecule has 154 valence electrons. The predicted octanol–water partition coefficient (Wildman–Crippen LogP) is 3.54. The van der Waals surface area contributed by atoms with Gasteiger partial charge in [-0.25, -0.2) is 0 Å². The van der Waals surface area contributed by atoms with Gasteiger partial charge in [0.05, 0.1) is 12.7 Å². The molecule has 0 heterocycles. The molecule has 0 spiro atoms. The third kappa shape index (κ3) is 5.91. The molecular formula is C23H27NO5. The van der Waals surface area contributed by atoms with Crippen LogP contribution in [0.5, 0.6) is 5.75 Å². The number of amides is 1. The zero-order valence-corrected chi connectivity index (χ0v) is 17.4. The second-order valence-electron chi connectivity index (χ2n) is 7.71. The minimum Gasteiger partial charge on any atom is -0.496 e. The summed E-state index contributed by atoms with van der Waals surface area (Å²) in [5, 5.41) is 2.48. The lowest BCUT2D eigenvalue weighted by molar-refractivity contribution is -0.145. The van der Waals surface area contributed by atoms with E-state index in [0.29, 0.717) is 16.9 Å². The van der Waals surface area contributed by atoms with Crippen LogP contribution in [0.4, 0.5) is 0 Å². The summed E-state index contributed by atoms with van der Waals surface area (Å²) in [6.45, 7) is 7.44. The van der Waals surface area contributed by atoms with Crippen molar-refractivity contribution in [1.29, 1.82) is 0 Å². The Balaban J connectivity index is 1.91. The summed E-state index contributed by atoms with van der Waals surface area (Å²) in [7, 11) is 1.46. The third-order valence-corrected chi connectivity index (χ3v) is 4.46. The van der Waals surface area contributed by atoms with E-state index >= 15 is 0 Å². The number of benzene rings is 2. The average Bonchev–Trinajstić information content (AvgIpc) is 2.70. The van der Waals surface area contributed by atoms with Gasteiger partial charge in [-0.3, -0.25) is 14.4 Å². The number of Topliss-reactive ketones (excluding diaryl/α,β-unsaturated/α-hetero) is 1. The van der Waals surface area contributed by atoms with Crippen LogP contribution < -0.4 is 10.1 Å². The van der Waals surface area contributed by atoms with Crippen LogP contribution in [0.1, 0.15) is 54.0 Å². The summed E-state index contributed by atoms with van der Waals surface area (Å²) in [6, 6.07) is 13.9. The van der Waals surface area contributed by atoms with Gasteiger partial charge in [0.15, 0.2) is 6.10 Å². The lowest BCUT2D eigenvalue weighted by Crippen LogP contribution is -2.34. The van der Waals surface area contributed by atoms with Crippen LogP contribution in [0.2, 0.25) is 0 Å². The normalized spacial score (nSPS) is 12.0. The van der Waals surface area contributed by atoms with E-state index in [1.54, 1.807) is 36.4 Å². The summed E-state index contributed by atoms with van der Waals surface area (Å²) in [5.74, 6) is -1.05. The van der Waals surface area contributed by atoms with Crippen molar-refractivity contribution in [3.05, 3.63) is 65.2 Å². The number of nitrogens with one attached hydrogen (secondary N) is 1. The number of para-hydroxylation sites is 1. The van der Waals surface area contributed by atoms with E-state index in [1.165, 1.54) is 14.0 Å². The molecule has 2 aromatic carbocycles. The summed E-state index contributed by atoms with van der Waals surface area (Å²) in [6.07, 6.45) is -0.953. The predicted molar refractivity (Wildman–Crippen MR) is 110 cm³/mol. The summed E-state index contributed by atoms with van der Waals surface area (Å²) in [5.41, 5.74) is 1.87. The Morgan fingerprint density at radius 1 is 1.00 bits per heavy atom. The second kappa shape index (κ2) is 9.37. The number of esters is 1. The highest BCUT2D eigenvalue weighted by Crippen LogP contribution is 2.22. The molecule has 6 heteroatoms. The number of ketones is 1. The molecule has 0 saturated heterocycles. The summed E-state index contributed by atoms with van der Waals surface area (Å²) in [4.78, 5) is 36.8. The molecule has 1 amide bonds. The fourth-order valence-electron chi connectivity index (χ4n) is 2.74. The lowest BCUT2D eigenvalue weighted by atomic mass is 9.86. The molecule has 0 saturated carbocycles. The third-order valence-electron chi connectivity index (χ3n) is 4.46. The molecule has 0 aromatic heterocycles. The van der Waals surface area contributed by atoms with Crippen molar-refractivity contribution in [3.63, 3.8) is 0 Å². The highest BCUT2D eigenvalue weighted by molar-refractivity contribution is 6.01. The van der Waals surface area contributed by atoms with Crippen molar-refractivity contribution in [2.75, 3.05) is 13.7 Å². The summed E-state index contributed by atoms with van der Waals surface area (Å²) >= 11 is 0. The first-order chi connectivity index (χ1) is 13.6. The smallest absolute Gasteiger partial charge is 0.326 e. The van der Waals surface area contributed by atoms with Crippen molar-refractivity contribution in [2.24, 2.45) is 0 Å². The number of carbonyl (C=O) groups is 3. The standard InChI is InChI=1S/C23H27NO5/c1-15(21(26)16-10-12-17(13-11-16)23(2,3)4)29-20(25)14-24-22(27)18-8-6-7-9-19(18)28-5/h6-13,15H,14H2,1-5H3,(H,24,27)/t15-/m0/s1. The molecule has 2 aromatic rings. The molecule has 0 fully saturated rings. The Kier molecular flexibility index (Phi) is 7.15. The van der Waals surface area contributed by atoms with Gasteiger partial charge in [0.2, 0.25) is 5.78 Å². The van der Waals surface area contributed by atoms with Crippen molar-refractivity contribution < 1.29 is 23.9 Å². The van der Waals surface area contributed by atoms with Crippen LogP contribution in [-0.4, -0.2) is 37.4 Å². The Morgan fingerprint density at radius 3 is 2.21 bits per heavy atom. The fourth-order valence-corrected chi connectivity index (χ4v) is 2.74. The Labute approximate surface area is 171 Å². The van der Waals surface area contributed by atoms with Gasteiger partial charge in [0, 0.05) is 5.56 Å². The molecule has 29 heavy (non-hydrogen) atoms. The van der Waals surface area contributed by atoms with E-state index in [2.05, 4.69) is 26.1 Å². The number of ether oxygens (including phenoxy) is 2. The zero-order chi connectivity index (χ0) is 21.6. The van der Waals surface area contributed by atoms with Crippen LogP contribution in [0.15, 0.2) is 48.5 Å². The highest BCUT2D eigenvalue weighted by atomic mass is 16.5. The molecule has 6 nitrogen and oxygen atoms in total. The maximum absolute atomic E-state index is 12.5. The van der Waals surface area contributed by atoms with Crippen LogP contribution >= 0.6 is 0 Å². The first-order valence-corrected chi connectivity index (χ1v) is 9.39. The van der Waals surface area contributed by atoms with Crippen molar-refractivity contribution >= 4 is 17.7 Å². The molecule has 2 rings (SSSR count). The van der Waals surface area contributed by atoms with Gasteiger partial charge in [-0.2, -0.15) is 0 Å².